The van der Waals surface area contributed by atoms with Crippen molar-refractivity contribution in [2.24, 2.45) is 4.99 Å². The monoisotopic (exact) mass is 478 g/mol. The zero-order chi connectivity index (χ0) is 17.0. The van der Waals surface area contributed by atoms with E-state index < -0.39 is 10.0 Å². The van der Waals surface area contributed by atoms with Gasteiger partial charge in [-0.1, -0.05) is 0 Å². The summed E-state index contributed by atoms with van der Waals surface area (Å²) in [6.45, 7) is 5.37. The fourth-order valence-corrected chi connectivity index (χ4v) is 2.70. The van der Waals surface area contributed by atoms with E-state index in [9.17, 15) is 8.42 Å². The SMILES string of the molecule is CCS(=O)(=O)NCCNC(=NC)NCCCOCC1CCCO1.I. The predicted octanol–water partition coefficient (Wildman–Crippen LogP) is 0.294. The van der Waals surface area contributed by atoms with E-state index in [0.717, 1.165) is 32.4 Å². The molecule has 1 aliphatic rings. The Morgan fingerprint density at radius 3 is 2.67 bits per heavy atom. The van der Waals surface area contributed by atoms with Crippen molar-refractivity contribution in [2.45, 2.75) is 32.3 Å². The highest BCUT2D eigenvalue weighted by atomic mass is 127. The van der Waals surface area contributed by atoms with Crippen LogP contribution in [0.5, 0.6) is 0 Å². The lowest BCUT2D eigenvalue weighted by molar-refractivity contribution is 0.0168. The Bertz CT molecular complexity index is 442. The molecule has 1 heterocycles. The summed E-state index contributed by atoms with van der Waals surface area (Å²) in [6.07, 6.45) is 3.36. The van der Waals surface area contributed by atoms with Gasteiger partial charge in [0.1, 0.15) is 0 Å². The normalized spacial score (nSPS) is 18.2. The number of hydrogen-bond acceptors (Lipinski definition) is 5. The molecule has 10 heteroatoms. The molecule has 1 saturated heterocycles. The van der Waals surface area contributed by atoms with Crippen molar-refractivity contribution in [1.29, 1.82) is 0 Å². The van der Waals surface area contributed by atoms with Crippen molar-refractivity contribution in [2.75, 3.05) is 52.3 Å². The van der Waals surface area contributed by atoms with Crippen molar-refractivity contribution in [3.05, 3.63) is 0 Å². The maximum atomic E-state index is 11.3. The summed E-state index contributed by atoms with van der Waals surface area (Å²) in [4.78, 5) is 4.08. The van der Waals surface area contributed by atoms with E-state index in [1.165, 1.54) is 0 Å². The largest absolute Gasteiger partial charge is 0.379 e. The predicted molar refractivity (Wildman–Crippen MR) is 107 cm³/mol. The highest BCUT2D eigenvalue weighted by Crippen LogP contribution is 2.11. The van der Waals surface area contributed by atoms with Crippen molar-refractivity contribution in [3.8, 4) is 0 Å². The lowest BCUT2D eigenvalue weighted by Gasteiger charge is -2.13. The summed E-state index contributed by atoms with van der Waals surface area (Å²) in [5, 5.41) is 6.21. The first-order valence-electron chi connectivity index (χ1n) is 8.18. The zero-order valence-electron chi connectivity index (χ0n) is 14.5. The summed E-state index contributed by atoms with van der Waals surface area (Å²) in [5.74, 6) is 0.742. The number of aliphatic imine (C=N–C) groups is 1. The average molecular weight is 478 g/mol. The molecule has 1 atom stereocenters. The average Bonchev–Trinajstić information content (AvgIpc) is 3.06. The van der Waals surface area contributed by atoms with Gasteiger partial charge in [-0.2, -0.15) is 0 Å². The van der Waals surface area contributed by atoms with Crippen LogP contribution in [0.1, 0.15) is 26.2 Å². The smallest absolute Gasteiger partial charge is 0.211 e. The summed E-state index contributed by atoms with van der Waals surface area (Å²) in [5.41, 5.74) is 0. The van der Waals surface area contributed by atoms with Gasteiger partial charge in [0.2, 0.25) is 10.0 Å². The van der Waals surface area contributed by atoms with Crippen LogP contribution in [0.3, 0.4) is 0 Å². The van der Waals surface area contributed by atoms with E-state index in [2.05, 4.69) is 20.3 Å². The highest BCUT2D eigenvalue weighted by Gasteiger charge is 2.14. The molecule has 0 saturated carbocycles. The molecular formula is C14H31IN4O4S. The number of sulfonamides is 1. The van der Waals surface area contributed by atoms with Gasteiger partial charge in [-0.25, -0.2) is 13.1 Å². The molecule has 1 aliphatic heterocycles. The lowest BCUT2D eigenvalue weighted by atomic mass is 10.2. The Hall–Kier alpha value is -0.170. The molecule has 0 bridgehead atoms. The molecule has 1 fully saturated rings. The molecule has 0 amide bonds. The van der Waals surface area contributed by atoms with E-state index in [0.29, 0.717) is 32.3 Å². The van der Waals surface area contributed by atoms with Gasteiger partial charge in [0.15, 0.2) is 5.96 Å². The van der Waals surface area contributed by atoms with Crippen LogP contribution in [0, 0.1) is 0 Å². The van der Waals surface area contributed by atoms with Crippen LogP contribution in [-0.4, -0.2) is 72.7 Å². The number of guanidine groups is 1. The minimum absolute atomic E-state index is 0. The Labute approximate surface area is 162 Å². The molecule has 1 unspecified atom stereocenters. The number of ether oxygens (including phenoxy) is 2. The molecule has 8 nitrogen and oxygen atoms in total. The molecule has 0 aromatic rings. The van der Waals surface area contributed by atoms with Crippen molar-refractivity contribution in [3.63, 3.8) is 0 Å². The van der Waals surface area contributed by atoms with Gasteiger partial charge in [0.25, 0.3) is 0 Å². The van der Waals surface area contributed by atoms with Gasteiger partial charge in [-0.05, 0) is 26.2 Å². The van der Waals surface area contributed by atoms with Crippen LogP contribution < -0.4 is 15.4 Å². The summed E-state index contributed by atoms with van der Waals surface area (Å²) in [7, 11) is -1.46. The fraction of sp³-hybridized carbons (Fsp3) is 0.929. The second kappa shape index (κ2) is 14.0. The Morgan fingerprint density at radius 2 is 2.04 bits per heavy atom. The van der Waals surface area contributed by atoms with E-state index in [-0.39, 0.29) is 35.8 Å². The second-order valence-electron chi connectivity index (χ2n) is 5.29. The van der Waals surface area contributed by atoms with Gasteiger partial charge in [-0.15, -0.1) is 24.0 Å². The molecular weight excluding hydrogens is 447 g/mol. The molecule has 24 heavy (non-hydrogen) atoms. The summed E-state index contributed by atoms with van der Waals surface area (Å²) >= 11 is 0. The first-order chi connectivity index (χ1) is 11.1. The fourth-order valence-electron chi connectivity index (χ4n) is 2.08. The Balaban J connectivity index is 0.00000529. The number of halogens is 1. The van der Waals surface area contributed by atoms with Crippen LogP contribution in [0.2, 0.25) is 0 Å². The van der Waals surface area contributed by atoms with E-state index in [1.54, 1.807) is 14.0 Å². The minimum Gasteiger partial charge on any atom is -0.379 e. The number of hydrogen-bond donors (Lipinski definition) is 3. The maximum Gasteiger partial charge on any atom is 0.211 e. The van der Waals surface area contributed by atoms with Gasteiger partial charge < -0.3 is 20.1 Å². The third kappa shape index (κ3) is 11.4. The van der Waals surface area contributed by atoms with E-state index in [1.807, 2.05) is 0 Å². The molecule has 0 aliphatic carbocycles. The van der Waals surface area contributed by atoms with Crippen LogP contribution in [0.25, 0.3) is 0 Å². The molecule has 0 aromatic heterocycles. The lowest BCUT2D eigenvalue weighted by Crippen LogP contribution is -2.42. The van der Waals surface area contributed by atoms with Crippen LogP contribution in [0.15, 0.2) is 4.99 Å². The first kappa shape index (κ1) is 23.8. The van der Waals surface area contributed by atoms with Crippen molar-refractivity contribution in [1.82, 2.24) is 15.4 Å². The molecule has 144 valence electrons. The maximum absolute atomic E-state index is 11.3. The van der Waals surface area contributed by atoms with E-state index in [4.69, 9.17) is 9.47 Å². The van der Waals surface area contributed by atoms with Crippen LogP contribution >= 0.6 is 24.0 Å². The number of rotatable bonds is 11. The molecule has 0 spiro atoms. The Morgan fingerprint density at radius 1 is 1.29 bits per heavy atom. The van der Waals surface area contributed by atoms with Crippen molar-refractivity contribution < 1.29 is 17.9 Å². The zero-order valence-corrected chi connectivity index (χ0v) is 17.7. The van der Waals surface area contributed by atoms with E-state index >= 15 is 0 Å². The van der Waals surface area contributed by atoms with Gasteiger partial charge in [-0.3, -0.25) is 4.99 Å². The highest BCUT2D eigenvalue weighted by molar-refractivity contribution is 14.0. The standard InChI is InChI=1S/C14H30N4O4S.HI/c1-3-23(19,20)18-9-8-17-14(15-2)16-7-5-10-21-12-13-6-4-11-22-13;/h13,18H,3-12H2,1-2H3,(H2,15,16,17);1H. The minimum atomic E-state index is -3.14. The Kier molecular flexibility index (Phi) is 13.9. The second-order valence-corrected chi connectivity index (χ2v) is 7.38. The molecule has 0 aromatic carbocycles. The van der Waals surface area contributed by atoms with Crippen molar-refractivity contribution >= 4 is 40.0 Å². The molecule has 3 N–H and O–H groups in total. The summed E-state index contributed by atoms with van der Waals surface area (Å²) in [6, 6.07) is 0. The van der Waals surface area contributed by atoms with Gasteiger partial charge in [0.05, 0.1) is 18.5 Å². The summed E-state index contributed by atoms with van der Waals surface area (Å²) < 4.78 is 36.1. The van der Waals surface area contributed by atoms with Gasteiger partial charge in [0, 0.05) is 39.9 Å². The number of nitrogens with zero attached hydrogens (tertiary/aromatic N) is 1. The quantitative estimate of drug-likeness (QED) is 0.171. The van der Waals surface area contributed by atoms with Crippen LogP contribution in [-0.2, 0) is 19.5 Å². The molecule has 1 rings (SSSR count). The number of nitrogens with one attached hydrogen (secondary N) is 3. The third-order valence-electron chi connectivity index (χ3n) is 3.43. The topological polar surface area (TPSA) is 101 Å². The third-order valence-corrected chi connectivity index (χ3v) is 4.83. The first-order valence-corrected chi connectivity index (χ1v) is 9.84. The van der Waals surface area contributed by atoms with Gasteiger partial charge >= 0.3 is 0 Å². The molecule has 0 radical (unpaired) electrons. The van der Waals surface area contributed by atoms with Crippen LogP contribution in [0.4, 0.5) is 0 Å².